The Kier molecular flexibility index (Phi) is 13.9. The van der Waals surface area contributed by atoms with Crippen molar-refractivity contribution in [3.63, 3.8) is 0 Å². The lowest BCUT2D eigenvalue weighted by Crippen LogP contribution is -2.41. The van der Waals surface area contributed by atoms with E-state index in [1.54, 1.807) is 61.5 Å². The molecular weight excluding hydrogens is 768 g/mol. The minimum atomic E-state index is -4.89. The maximum Gasteiger partial charge on any atom is 0.573 e. The molecule has 2 unspecified atom stereocenters. The van der Waals surface area contributed by atoms with Crippen LogP contribution in [0.5, 0.6) is 23.0 Å². The molecule has 18 heteroatoms. The molecule has 0 aromatic heterocycles. The van der Waals surface area contributed by atoms with Crippen LogP contribution in [0.15, 0.2) is 95.1 Å². The number of amides is 2. The van der Waals surface area contributed by atoms with E-state index >= 15 is 0 Å². The largest absolute Gasteiger partial charge is 0.573 e. The number of carbonyl (C=O) groups excluding carboxylic acids is 2. The molecule has 0 bridgehead atoms. The first-order valence-electron chi connectivity index (χ1n) is 17.9. The molecule has 4 N–H and O–H groups in total. The number of carbonyl (C=O) groups is 2. The summed E-state index contributed by atoms with van der Waals surface area (Å²) in [6.07, 6.45) is -6.36. The molecule has 6 rings (SSSR count). The summed E-state index contributed by atoms with van der Waals surface area (Å²) < 4.78 is 81.2. The van der Waals surface area contributed by atoms with Crippen molar-refractivity contribution >= 4 is 35.0 Å². The van der Waals surface area contributed by atoms with Gasteiger partial charge in [0, 0.05) is 22.5 Å². The van der Waals surface area contributed by atoms with Crippen LogP contribution in [0.1, 0.15) is 48.9 Å². The summed E-state index contributed by atoms with van der Waals surface area (Å²) >= 11 is 0. The number of hydrazone groups is 2. The summed E-state index contributed by atoms with van der Waals surface area (Å²) in [4.78, 5) is 24.7. The van der Waals surface area contributed by atoms with Crippen LogP contribution in [0.4, 0.5) is 38.5 Å². The molecule has 0 aliphatic carbocycles. The van der Waals surface area contributed by atoms with Gasteiger partial charge < -0.3 is 39.9 Å². The van der Waals surface area contributed by atoms with Crippen LogP contribution in [0.2, 0.25) is 0 Å². The van der Waals surface area contributed by atoms with E-state index in [0.717, 1.165) is 22.2 Å². The van der Waals surface area contributed by atoms with Crippen LogP contribution >= 0.6 is 0 Å². The number of halogens is 4. The molecule has 0 radical (unpaired) electrons. The number of nitrogens with zero attached hydrogens (tertiary/aromatic N) is 4. The van der Waals surface area contributed by atoms with Gasteiger partial charge in [-0.15, -0.1) is 13.2 Å². The highest BCUT2D eigenvalue weighted by molar-refractivity contribution is 6.07. The molecular formula is C40H42F4N6O8. The quantitative estimate of drug-likeness (QED) is 0.0995. The zero-order valence-electron chi connectivity index (χ0n) is 32.0. The average Bonchev–Trinajstić information content (AvgIpc) is 3.20. The van der Waals surface area contributed by atoms with Gasteiger partial charge in [-0.05, 0) is 84.6 Å². The molecule has 14 nitrogen and oxygen atoms in total. The van der Waals surface area contributed by atoms with Crippen molar-refractivity contribution in [2.75, 3.05) is 32.5 Å². The number of anilines is 2. The van der Waals surface area contributed by atoms with Crippen LogP contribution < -0.4 is 30.4 Å². The van der Waals surface area contributed by atoms with E-state index in [1.807, 2.05) is 19.1 Å². The van der Waals surface area contributed by atoms with Crippen molar-refractivity contribution in [1.29, 1.82) is 0 Å². The van der Waals surface area contributed by atoms with Crippen molar-refractivity contribution in [2.24, 2.45) is 10.2 Å². The zero-order valence-corrected chi connectivity index (χ0v) is 32.0. The number of nitrogen functional groups attached to an aromatic ring is 2. The smallest absolute Gasteiger partial charge is 0.493 e. The molecule has 4 aromatic carbocycles. The van der Waals surface area contributed by atoms with E-state index in [4.69, 9.17) is 35.2 Å². The Morgan fingerprint density at radius 2 is 1.07 bits per heavy atom. The summed E-state index contributed by atoms with van der Waals surface area (Å²) in [6, 6.07) is 23.1. The fourth-order valence-corrected chi connectivity index (χ4v) is 5.83. The second-order valence-electron chi connectivity index (χ2n) is 12.7. The number of hydrogen-bond donors (Lipinski definition) is 2. The Bertz CT molecular complexity index is 2120. The lowest BCUT2D eigenvalue weighted by molar-refractivity contribution is -0.275. The van der Waals surface area contributed by atoms with Gasteiger partial charge in [0.15, 0.2) is 23.0 Å². The summed E-state index contributed by atoms with van der Waals surface area (Å²) in [5.74, 6) is 0.0573. The molecule has 2 amide bonds. The number of ether oxygens (including phenoxy) is 6. The molecule has 4 aromatic rings. The van der Waals surface area contributed by atoms with Gasteiger partial charge in [0.2, 0.25) is 6.86 Å². The maximum absolute atomic E-state index is 12.8. The van der Waals surface area contributed by atoms with E-state index < -0.39 is 43.4 Å². The van der Waals surface area contributed by atoms with Crippen molar-refractivity contribution in [2.45, 2.75) is 58.3 Å². The number of alkyl halides is 4. The predicted octanol–water partition coefficient (Wildman–Crippen LogP) is 8.03. The van der Waals surface area contributed by atoms with Gasteiger partial charge in [-0.2, -0.15) is 20.2 Å². The van der Waals surface area contributed by atoms with Crippen molar-refractivity contribution in [1.82, 2.24) is 10.0 Å². The Hall–Kier alpha value is -6.72. The van der Waals surface area contributed by atoms with Gasteiger partial charge in [-0.25, -0.2) is 14.0 Å². The molecule has 0 spiro atoms. The maximum atomic E-state index is 12.8. The highest BCUT2D eigenvalue weighted by Crippen LogP contribution is 2.35. The van der Waals surface area contributed by atoms with E-state index in [1.165, 1.54) is 31.4 Å². The molecule has 2 heterocycles. The minimum absolute atomic E-state index is 0.0868. The second-order valence-corrected chi connectivity index (χ2v) is 12.7. The van der Waals surface area contributed by atoms with Gasteiger partial charge in [-0.3, -0.25) is 0 Å². The number of hydrogen-bond acceptors (Lipinski definition) is 12. The second kappa shape index (κ2) is 18.9. The Morgan fingerprint density at radius 1 is 0.655 bits per heavy atom. The standard InChI is InChI=1S/C20H20F3N3O4.C20H22FN3O4/c1-3-15-18(13-6-9-16(28-2)17(10-13)30-20(21,22)23)25-26(19(27)29-15)11-12-4-7-14(24)8-5-12;1-3-16-19(14-6-9-17(26-2)18(10-14)27-12-21)23-24(20(25)28-16)11-13-4-7-15(22)8-5-13/h4-10,15H,3,11,24H2,1-2H3;4-10,16H,3,11-12,22H2,1-2H3. The Labute approximate surface area is 331 Å². The molecule has 0 fully saturated rings. The number of cyclic esters (lactones) is 2. The third kappa shape index (κ3) is 10.8. The lowest BCUT2D eigenvalue weighted by Gasteiger charge is -2.29. The van der Waals surface area contributed by atoms with E-state index in [0.29, 0.717) is 52.5 Å². The Morgan fingerprint density at radius 3 is 1.45 bits per heavy atom. The third-order valence-electron chi connectivity index (χ3n) is 8.69. The number of benzene rings is 4. The minimum Gasteiger partial charge on any atom is -0.493 e. The predicted molar refractivity (Wildman–Crippen MR) is 206 cm³/mol. The first-order chi connectivity index (χ1) is 27.7. The van der Waals surface area contributed by atoms with Gasteiger partial charge >= 0.3 is 18.5 Å². The van der Waals surface area contributed by atoms with Crippen LogP contribution in [-0.4, -0.2) is 73.3 Å². The molecule has 2 aliphatic heterocycles. The van der Waals surface area contributed by atoms with Crippen molar-refractivity contribution in [3.8, 4) is 23.0 Å². The molecule has 58 heavy (non-hydrogen) atoms. The summed E-state index contributed by atoms with van der Waals surface area (Å²) in [6.45, 7) is 3.04. The average molecular weight is 811 g/mol. The molecule has 2 atom stereocenters. The number of methoxy groups -OCH3 is 2. The molecule has 2 aliphatic rings. The first-order valence-corrected chi connectivity index (χ1v) is 17.9. The molecule has 308 valence electrons. The SMILES string of the molecule is CCC1OC(=O)N(Cc2ccc(N)cc2)N=C1c1ccc(OC)c(OC(F)(F)F)c1.CCC1OC(=O)N(Cc2ccc(N)cc2)N=C1c1ccc(OC)c(OCF)c1. The topological polar surface area (TPSA) is 173 Å². The van der Waals surface area contributed by atoms with Crippen LogP contribution in [0.25, 0.3) is 0 Å². The zero-order chi connectivity index (χ0) is 42.0. The summed E-state index contributed by atoms with van der Waals surface area (Å²) in [5.41, 5.74) is 16.0. The van der Waals surface area contributed by atoms with Gasteiger partial charge in [0.05, 0.1) is 27.3 Å². The van der Waals surface area contributed by atoms with Crippen LogP contribution in [0.3, 0.4) is 0 Å². The fourth-order valence-electron chi connectivity index (χ4n) is 5.83. The highest BCUT2D eigenvalue weighted by atomic mass is 19.4. The van der Waals surface area contributed by atoms with E-state index in [2.05, 4.69) is 14.9 Å². The number of rotatable bonds is 13. The van der Waals surface area contributed by atoms with Gasteiger partial charge in [-0.1, -0.05) is 38.1 Å². The normalized spacial score (nSPS) is 16.6. The fraction of sp³-hybridized carbons (Fsp3) is 0.300. The molecule has 0 saturated carbocycles. The summed E-state index contributed by atoms with van der Waals surface area (Å²) in [7, 11) is 2.71. The first kappa shape index (κ1) is 42.4. The van der Waals surface area contributed by atoms with Crippen LogP contribution in [0, 0.1) is 0 Å². The van der Waals surface area contributed by atoms with Crippen LogP contribution in [-0.2, 0) is 22.6 Å². The summed E-state index contributed by atoms with van der Waals surface area (Å²) in [5, 5.41) is 11.2. The van der Waals surface area contributed by atoms with Crippen molar-refractivity contribution in [3.05, 3.63) is 107 Å². The van der Waals surface area contributed by atoms with E-state index in [9.17, 15) is 27.2 Å². The lowest BCUT2D eigenvalue weighted by atomic mass is 10.0. The van der Waals surface area contributed by atoms with Gasteiger partial charge in [0.1, 0.15) is 23.6 Å². The monoisotopic (exact) mass is 810 g/mol. The third-order valence-corrected chi connectivity index (χ3v) is 8.69. The van der Waals surface area contributed by atoms with Gasteiger partial charge in [0.25, 0.3) is 0 Å². The van der Waals surface area contributed by atoms with Crippen molar-refractivity contribution < 1.29 is 55.6 Å². The Balaban J connectivity index is 0.000000221. The highest BCUT2D eigenvalue weighted by Gasteiger charge is 2.35. The molecule has 0 saturated heterocycles. The van der Waals surface area contributed by atoms with E-state index in [-0.39, 0.29) is 24.6 Å². The number of nitrogens with two attached hydrogens (primary N) is 2.